The van der Waals surface area contributed by atoms with E-state index in [1.807, 2.05) is 54.6 Å². The van der Waals surface area contributed by atoms with Gasteiger partial charge in [-0.2, -0.15) is 13.2 Å². The van der Waals surface area contributed by atoms with Crippen LogP contribution in [0.2, 0.25) is 5.02 Å². The molecule has 5 rings (SSSR count). The summed E-state index contributed by atoms with van der Waals surface area (Å²) in [5.41, 5.74) is 3.44. The van der Waals surface area contributed by atoms with Gasteiger partial charge in [0.15, 0.2) is 0 Å². The second kappa shape index (κ2) is 13.0. The van der Waals surface area contributed by atoms with Gasteiger partial charge in [0.1, 0.15) is 12.0 Å². The molecule has 1 saturated heterocycles. The lowest BCUT2D eigenvalue weighted by atomic mass is 9.73. The van der Waals surface area contributed by atoms with Gasteiger partial charge in [-0.1, -0.05) is 66.6 Å². The first kappa shape index (κ1) is 30.9. The van der Waals surface area contributed by atoms with Gasteiger partial charge >= 0.3 is 12.1 Å². The predicted molar refractivity (Wildman–Crippen MR) is 162 cm³/mol. The molecule has 0 aromatic heterocycles. The van der Waals surface area contributed by atoms with Crippen LogP contribution < -0.4 is 10.2 Å². The third-order valence-corrected chi connectivity index (χ3v) is 8.68. The van der Waals surface area contributed by atoms with Crippen LogP contribution in [0.15, 0.2) is 66.7 Å². The Morgan fingerprint density at radius 3 is 2.14 bits per heavy atom. The molecule has 0 spiro atoms. The summed E-state index contributed by atoms with van der Waals surface area (Å²) in [5, 5.41) is 2.57. The summed E-state index contributed by atoms with van der Waals surface area (Å²) in [7, 11) is 0. The van der Waals surface area contributed by atoms with Gasteiger partial charge in [-0.05, 0) is 66.8 Å². The normalized spacial score (nSPS) is 16.0. The first-order valence-corrected chi connectivity index (χ1v) is 15.0. The first-order chi connectivity index (χ1) is 20.6. The van der Waals surface area contributed by atoms with E-state index in [0.717, 1.165) is 67.1 Å². The van der Waals surface area contributed by atoms with Crippen molar-refractivity contribution < 1.29 is 27.5 Å². The van der Waals surface area contributed by atoms with Gasteiger partial charge in [0, 0.05) is 31.9 Å². The number of amides is 1. The van der Waals surface area contributed by atoms with E-state index in [4.69, 9.17) is 16.3 Å². The number of benzene rings is 3. The van der Waals surface area contributed by atoms with Crippen LogP contribution in [-0.2, 0) is 14.9 Å². The first-order valence-electron chi connectivity index (χ1n) is 14.6. The number of carbonyl (C=O) groups excluding carboxylic acids is 2. The van der Waals surface area contributed by atoms with Crippen molar-refractivity contribution in [3.8, 4) is 11.1 Å². The molecule has 0 atom stereocenters. The molecule has 0 saturated carbocycles. The molecule has 1 amide bonds. The van der Waals surface area contributed by atoms with Crippen molar-refractivity contribution in [3.05, 3.63) is 88.4 Å². The Labute approximate surface area is 254 Å². The molecule has 1 fully saturated rings. The van der Waals surface area contributed by atoms with E-state index in [0.29, 0.717) is 23.4 Å². The van der Waals surface area contributed by atoms with Crippen LogP contribution in [0.5, 0.6) is 0 Å². The topological polar surface area (TPSA) is 61.9 Å². The van der Waals surface area contributed by atoms with Gasteiger partial charge in [0.05, 0.1) is 17.2 Å². The second-order valence-electron chi connectivity index (χ2n) is 11.0. The number of nitrogens with one attached hydrogen (secondary N) is 1. The number of hydrogen-bond acceptors (Lipinski definition) is 5. The molecule has 1 aliphatic carbocycles. The van der Waals surface area contributed by atoms with E-state index in [-0.39, 0.29) is 6.61 Å². The molecule has 10 heteroatoms. The Morgan fingerprint density at radius 1 is 0.930 bits per heavy atom. The van der Waals surface area contributed by atoms with Crippen molar-refractivity contribution in [3.63, 3.8) is 0 Å². The smallest absolute Gasteiger partial charge is 0.405 e. The molecule has 0 radical (unpaired) electrons. The molecule has 1 aliphatic heterocycles. The fourth-order valence-electron chi connectivity index (χ4n) is 6.31. The predicted octanol–water partition coefficient (Wildman–Crippen LogP) is 6.45. The molecule has 228 valence electrons. The third-order valence-electron chi connectivity index (χ3n) is 8.36. The Kier molecular flexibility index (Phi) is 9.32. The number of ether oxygens (including phenoxy) is 1. The molecule has 1 heterocycles. The molecule has 0 unspecified atom stereocenters. The summed E-state index contributed by atoms with van der Waals surface area (Å²) in [6.45, 7) is 4.74. The zero-order chi connectivity index (χ0) is 30.6. The molecule has 3 aromatic carbocycles. The number of hydrogen-bond donors (Lipinski definition) is 1. The van der Waals surface area contributed by atoms with Crippen molar-refractivity contribution in [2.75, 3.05) is 50.8 Å². The minimum absolute atomic E-state index is 0.283. The lowest BCUT2D eigenvalue weighted by Crippen LogP contribution is -2.47. The second-order valence-corrected chi connectivity index (χ2v) is 11.4. The largest absolute Gasteiger partial charge is 0.462 e. The number of rotatable bonds is 10. The number of fused-ring (bicyclic) bond motifs is 3. The quantitative estimate of drug-likeness (QED) is 0.210. The van der Waals surface area contributed by atoms with Crippen LogP contribution in [0.4, 0.5) is 18.9 Å². The number of carbonyl (C=O) groups is 2. The van der Waals surface area contributed by atoms with Crippen LogP contribution in [0.3, 0.4) is 0 Å². The minimum atomic E-state index is -4.50. The molecule has 1 N–H and O–H groups in total. The Morgan fingerprint density at radius 2 is 1.56 bits per heavy atom. The third kappa shape index (κ3) is 6.53. The highest BCUT2D eigenvalue weighted by Crippen LogP contribution is 2.51. The lowest BCUT2D eigenvalue weighted by Gasteiger charge is -2.36. The number of nitrogens with zero attached hydrogens (tertiary/aromatic N) is 2. The highest BCUT2D eigenvalue weighted by atomic mass is 35.5. The van der Waals surface area contributed by atoms with Crippen molar-refractivity contribution in [1.29, 1.82) is 0 Å². The van der Waals surface area contributed by atoms with Gasteiger partial charge in [0.25, 0.3) is 0 Å². The van der Waals surface area contributed by atoms with Crippen molar-refractivity contribution >= 4 is 29.2 Å². The van der Waals surface area contributed by atoms with E-state index < -0.39 is 30.0 Å². The van der Waals surface area contributed by atoms with Crippen molar-refractivity contribution in [1.82, 2.24) is 10.2 Å². The SMILES string of the molecule is CCOC(=O)c1ccc(N2CCN(CCCCC3(C(=O)NCC(F)(F)F)c4ccccc4-c4ccccc43)CC2)cc1Cl. The minimum Gasteiger partial charge on any atom is -0.462 e. The molecule has 3 aromatic rings. The molecule has 43 heavy (non-hydrogen) atoms. The van der Waals surface area contributed by atoms with Crippen molar-refractivity contribution in [2.45, 2.75) is 37.8 Å². The molecule has 6 nitrogen and oxygen atoms in total. The van der Waals surface area contributed by atoms with E-state index in [9.17, 15) is 22.8 Å². The van der Waals surface area contributed by atoms with Crippen LogP contribution in [0.1, 0.15) is 47.7 Å². The van der Waals surface area contributed by atoms with E-state index in [1.165, 1.54) is 0 Å². The molecular formula is C33H35ClF3N3O3. The standard InChI is InChI=1S/C33H35ClF3N3O3/c1-2-43-30(41)26-14-13-23(21-29(26)34)40-19-17-39(18-20-40)16-8-7-15-32(31(42)38-22-33(35,36)37)27-11-5-3-9-24(27)25-10-4-6-12-28(25)32/h3-6,9-14,21H,2,7-8,15-20,22H2,1H3,(H,38,42). The van der Waals surface area contributed by atoms with Gasteiger partial charge in [-0.15, -0.1) is 0 Å². The molecule has 0 bridgehead atoms. The summed E-state index contributed by atoms with van der Waals surface area (Å²) < 4.78 is 44.4. The summed E-state index contributed by atoms with van der Waals surface area (Å²) in [6.07, 6.45) is -2.60. The Bertz CT molecular complexity index is 1430. The van der Waals surface area contributed by atoms with E-state index in [2.05, 4.69) is 15.1 Å². The highest BCUT2D eigenvalue weighted by molar-refractivity contribution is 6.33. The number of unbranched alkanes of at least 4 members (excludes halogenated alkanes) is 1. The summed E-state index contributed by atoms with van der Waals surface area (Å²) in [6, 6.07) is 20.4. The average molecular weight is 614 g/mol. The summed E-state index contributed by atoms with van der Waals surface area (Å²) >= 11 is 6.36. The maximum atomic E-state index is 13.7. The molecule has 2 aliphatic rings. The van der Waals surface area contributed by atoms with Gasteiger partial charge in [-0.25, -0.2) is 4.79 Å². The zero-order valence-corrected chi connectivity index (χ0v) is 24.8. The van der Waals surface area contributed by atoms with Crippen LogP contribution in [0.25, 0.3) is 11.1 Å². The molecular weight excluding hydrogens is 579 g/mol. The monoisotopic (exact) mass is 613 g/mol. The van der Waals surface area contributed by atoms with Gasteiger partial charge in [-0.3, -0.25) is 9.69 Å². The maximum Gasteiger partial charge on any atom is 0.405 e. The van der Waals surface area contributed by atoms with E-state index in [1.54, 1.807) is 19.1 Å². The van der Waals surface area contributed by atoms with Gasteiger partial charge < -0.3 is 15.0 Å². The number of halogens is 4. The zero-order valence-electron chi connectivity index (χ0n) is 24.1. The number of anilines is 1. The number of alkyl halides is 3. The number of piperazine rings is 1. The van der Waals surface area contributed by atoms with E-state index >= 15 is 0 Å². The van der Waals surface area contributed by atoms with Crippen LogP contribution in [0, 0.1) is 0 Å². The fourth-order valence-corrected chi connectivity index (χ4v) is 6.57. The van der Waals surface area contributed by atoms with Crippen molar-refractivity contribution in [2.24, 2.45) is 0 Å². The van der Waals surface area contributed by atoms with Crippen LogP contribution >= 0.6 is 11.6 Å². The average Bonchev–Trinajstić information content (AvgIpc) is 3.29. The van der Waals surface area contributed by atoms with Gasteiger partial charge in [0.2, 0.25) is 5.91 Å². The highest BCUT2D eigenvalue weighted by Gasteiger charge is 2.49. The fraction of sp³-hybridized carbons (Fsp3) is 0.394. The maximum absolute atomic E-state index is 13.7. The Hall–Kier alpha value is -3.56. The Balaban J connectivity index is 1.22. The summed E-state index contributed by atoms with van der Waals surface area (Å²) in [5.74, 6) is -1.04. The number of esters is 1. The lowest BCUT2D eigenvalue weighted by molar-refractivity contribution is -0.141. The summed E-state index contributed by atoms with van der Waals surface area (Å²) in [4.78, 5) is 30.3. The van der Waals surface area contributed by atoms with Crippen LogP contribution in [-0.4, -0.2) is 68.8 Å².